The third-order valence-electron chi connectivity index (χ3n) is 2.46. The van der Waals surface area contributed by atoms with Crippen LogP contribution in [0.15, 0.2) is 27.2 Å². The van der Waals surface area contributed by atoms with E-state index in [9.17, 15) is 9.50 Å². The molecule has 1 unspecified atom stereocenters. The summed E-state index contributed by atoms with van der Waals surface area (Å²) in [5, 5.41) is 13.4. The van der Waals surface area contributed by atoms with Gasteiger partial charge in [-0.25, -0.2) is 4.39 Å². The number of aliphatic hydroxyl groups is 1. The lowest BCUT2D eigenvalue weighted by Crippen LogP contribution is -1.99. The van der Waals surface area contributed by atoms with Gasteiger partial charge in [0.2, 0.25) is 5.82 Å². The van der Waals surface area contributed by atoms with Gasteiger partial charge < -0.3 is 9.63 Å². The Bertz CT molecular complexity index is 545. The van der Waals surface area contributed by atoms with Gasteiger partial charge in [0.25, 0.3) is 5.89 Å². The number of halogens is 2. The highest BCUT2D eigenvalue weighted by molar-refractivity contribution is 9.10. The maximum atomic E-state index is 13.6. The zero-order chi connectivity index (χ0) is 13.1. The molecule has 0 aliphatic carbocycles. The van der Waals surface area contributed by atoms with E-state index < -0.39 is 11.9 Å². The highest BCUT2D eigenvalue weighted by Gasteiger charge is 2.18. The third kappa shape index (κ3) is 2.76. The molecular weight excluding hydrogens is 303 g/mol. The minimum atomic E-state index is -0.775. The second kappa shape index (κ2) is 5.58. The highest BCUT2D eigenvalue weighted by atomic mass is 79.9. The van der Waals surface area contributed by atoms with E-state index in [4.69, 9.17) is 4.52 Å². The lowest BCUT2D eigenvalue weighted by molar-refractivity contribution is 0.153. The molecule has 1 atom stereocenters. The summed E-state index contributed by atoms with van der Waals surface area (Å²) < 4.78 is 19.3. The summed E-state index contributed by atoms with van der Waals surface area (Å²) in [5.41, 5.74) is 0.215. The van der Waals surface area contributed by atoms with Gasteiger partial charge in [-0.15, -0.1) is 0 Å². The summed E-state index contributed by atoms with van der Waals surface area (Å²) in [7, 11) is 0. The Hall–Kier alpha value is -1.27. The summed E-state index contributed by atoms with van der Waals surface area (Å²) in [6.07, 6.45) is 0.568. The molecule has 0 spiro atoms. The van der Waals surface area contributed by atoms with Gasteiger partial charge in [-0.2, -0.15) is 4.98 Å². The van der Waals surface area contributed by atoms with E-state index in [-0.39, 0.29) is 17.3 Å². The van der Waals surface area contributed by atoms with Crippen molar-refractivity contribution >= 4 is 15.9 Å². The standard InChI is InChI=1S/C12H12BrFN2O2/c1-2-3-10(17)11-15-12(18-16-11)8-6-7(13)4-5-9(8)14/h4-6,10,17H,2-3H2,1H3. The van der Waals surface area contributed by atoms with Gasteiger partial charge in [-0.1, -0.05) is 34.4 Å². The molecule has 6 heteroatoms. The van der Waals surface area contributed by atoms with Gasteiger partial charge in [0.1, 0.15) is 11.9 Å². The number of nitrogens with zero attached hydrogens (tertiary/aromatic N) is 2. The normalized spacial score (nSPS) is 12.7. The fraction of sp³-hybridized carbons (Fsp3) is 0.333. The molecule has 1 aromatic heterocycles. The third-order valence-corrected chi connectivity index (χ3v) is 2.95. The molecule has 1 aromatic carbocycles. The first-order chi connectivity index (χ1) is 8.61. The minimum absolute atomic E-state index is 0.0685. The largest absolute Gasteiger partial charge is 0.385 e. The quantitative estimate of drug-likeness (QED) is 0.938. The number of aromatic nitrogens is 2. The van der Waals surface area contributed by atoms with E-state index >= 15 is 0 Å². The van der Waals surface area contributed by atoms with Crippen LogP contribution in [0.1, 0.15) is 31.7 Å². The van der Waals surface area contributed by atoms with E-state index in [2.05, 4.69) is 26.1 Å². The number of benzene rings is 1. The Kier molecular flexibility index (Phi) is 4.08. The van der Waals surface area contributed by atoms with Crippen molar-refractivity contribution in [3.8, 4) is 11.5 Å². The van der Waals surface area contributed by atoms with E-state index in [0.29, 0.717) is 10.9 Å². The predicted octanol–water partition coefficient (Wildman–Crippen LogP) is 3.47. The van der Waals surface area contributed by atoms with Crippen molar-refractivity contribution < 1.29 is 14.0 Å². The molecule has 4 nitrogen and oxygen atoms in total. The average molecular weight is 315 g/mol. The first kappa shape index (κ1) is 13.2. The van der Waals surface area contributed by atoms with E-state index in [1.54, 1.807) is 12.1 Å². The number of rotatable bonds is 4. The fourth-order valence-corrected chi connectivity index (χ4v) is 1.90. The van der Waals surface area contributed by atoms with Crippen molar-refractivity contribution in [1.29, 1.82) is 0 Å². The van der Waals surface area contributed by atoms with Crippen LogP contribution < -0.4 is 0 Å². The molecule has 2 rings (SSSR count). The maximum absolute atomic E-state index is 13.6. The summed E-state index contributed by atoms with van der Waals surface area (Å²) >= 11 is 3.25. The summed E-state index contributed by atoms with van der Waals surface area (Å²) in [5.74, 6) is -0.191. The number of hydrogen-bond donors (Lipinski definition) is 1. The molecule has 0 bridgehead atoms. The second-order valence-electron chi connectivity index (χ2n) is 3.89. The van der Waals surface area contributed by atoms with Crippen molar-refractivity contribution in [1.82, 2.24) is 10.1 Å². The number of aliphatic hydroxyl groups excluding tert-OH is 1. The van der Waals surface area contributed by atoms with Crippen LogP contribution in [-0.2, 0) is 0 Å². The number of hydrogen-bond acceptors (Lipinski definition) is 4. The second-order valence-corrected chi connectivity index (χ2v) is 4.80. The van der Waals surface area contributed by atoms with Crippen molar-refractivity contribution in [2.45, 2.75) is 25.9 Å². The molecular formula is C12H12BrFN2O2. The first-order valence-corrected chi connectivity index (χ1v) is 6.38. The van der Waals surface area contributed by atoms with Gasteiger partial charge in [0.15, 0.2) is 0 Å². The Labute approximate surface area is 112 Å². The molecule has 1 N–H and O–H groups in total. The van der Waals surface area contributed by atoms with E-state index in [0.717, 1.165) is 6.42 Å². The lowest BCUT2D eigenvalue weighted by Gasteiger charge is -2.01. The minimum Gasteiger partial charge on any atom is -0.385 e. The lowest BCUT2D eigenvalue weighted by atomic mass is 10.2. The van der Waals surface area contributed by atoms with Crippen molar-refractivity contribution in [3.63, 3.8) is 0 Å². The zero-order valence-electron chi connectivity index (χ0n) is 9.73. The van der Waals surface area contributed by atoms with Gasteiger partial charge in [-0.3, -0.25) is 0 Å². The van der Waals surface area contributed by atoms with Gasteiger partial charge >= 0.3 is 0 Å². The molecule has 0 aliphatic rings. The maximum Gasteiger partial charge on any atom is 0.261 e. The Morgan fingerprint density at radius 2 is 2.28 bits per heavy atom. The monoisotopic (exact) mass is 314 g/mol. The van der Waals surface area contributed by atoms with Crippen LogP contribution in [-0.4, -0.2) is 15.2 Å². The SMILES string of the molecule is CCCC(O)c1noc(-c2cc(Br)ccc2F)n1. The molecule has 2 aromatic rings. The first-order valence-electron chi connectivity index (χ1n) is 5.59. The Morgan fingerprint density at radius 3 is 3.00 bits per heavy atom. The van der Waals surface area contributed by atoms with Crippen LogP contribution in [0.2, 0.25) is 0 Å². The van der Waals surface area contributed by atoms with Crippen LogP contribution in [0.3, 0.4) is 0 Å². The molecule has 0 radical (unpaired) electrons. The van der Waals surface area contributed by atoms with Gasteiger partial charge in [0, 0.05) is 4.47 Å². The van der Waals surface area contributed by atoms with Crippen LogP contribution in [0.5, 0.6) is 0 Å². The van der Waals surface area contributed by atoms with E-state index in [1.165, 1.54) is 6.07 Å². The molecule has 0 fully saturated rings. The van der Waals surface area contributed by atoms with Crippen LogP contribution in [0.25, 0.3) is 11.5 Å². The summed E-state index contributed by atoms with van der Waals surface area (Å²) in [6, 6.07) is 4.45. The van der Waals surface area contributed by atoms with Crippen LogP contribution in [0, 0.1) is 5.82 Å². The smallest absolute Gasteiger partial charge is 0.261 e. The molecule has 0 aliphatic heterocycles. The molecule has 18 heavy (non-hydrogen) atoms. The average Bonchev–Trinajstić information content (AvgIpc) is 2.82. The summed E-state index contributed by atoms with van der Waals surface area (Å²) in [6.45, 7) is 1.94. The zero-order valence-corrected chi connectivity index (χ0v) is 11.3. The highest BCUT2D eigenvalue weighted by Crippen LogP contribution is 2.26. The van der Waals surface area contributed by atoms with Crippen LogP contribution in [0.4, 0.5) is 4.39 Å². The van der Waals surface area contributed by atoms with Crippen LogP contribution >= 0.6 is 15.9 Å². The Balaban J connectivity index is 2.32. The molecule has 96 valence electrons. The van der Waals surface area contributed by atoms with E-state index in [1.807, 2.05) is 6.92 Å². The van der Waals surface area contributed by atoms with Gasteiger partial charge in [0.05, 0.1) is 5.56 Å². The molecule has 1 heterocycles. The summed E-state index contributed by atoms with van der Waals surface area (Å²) in [4.78, 5) is 4.01. The topological polar surface area (TPSA) is 59.2 Å². The predicted molar refractivity (Wildman–Crippen MR) is 67.3 cm³/mol. The fourth-order valence-electron chi connectivity index (χ4n) is 1.54. The Morgan fingerprint density at radius 1 is 1.50 bits per heavy atom. The van der Waals surface area contributed by atoms with Gasteiger partial charge in [-0.05, 0) is 24.6 Å². The molecule has 0 saturated heterocycles. The molecule has 0 amide bonds. The van der Waals surface area contributed by atoms with Crippen molar-refractivity contribution in [2.24, 2.45) is 0 Å². The van der Waals surface area contributed by atoms with Crippen molar-refractivity contribution in [3.05, 3.63) is 34.3 Å². The molecule has 0 saturated carbocycles. The van der Waals surface area contributed by atoms with Crippen molar-refractivity contribution in [2.75, 3.05) is 0 Å².